The predicted molar refractivity (Wildman–Crippen MR) is 45.2 cm³/mol. The van der Waals surface area contributed by atoms with Crippen molar-refractivity contribution in [2.45, 2.75) is 0 Å². The summed E-state index contributed by atoms with van der Waals surface area (Å²) in [6.45, 7) is 0. The van der Waals surface area contributed by atoms with Crippen molar-refractivity contribution in [2.24, 2.45) is 7.05 Å². The number of rotatable bonds is 1. The molecule has 0 radical (unpaired) electrons. The van der Waals surface area contributed by atoms with E-state index in [0.717, 1.165) is 11.5 Å². The molecule has 0 aromatic carbocycles. The normalized spacial score (nSPS) is 10.4. The summed E-state index contributed by atoms with van der Waals surface area (Å²) >= 11 is 0. The Morgan fingerprint density at radius 2 is 2.42 bits per heavy atom. The van der Waals surface area contributed by atoms with Crippen molar-refractivity contribution in [3.8, 4) is 11.5 Å². The van der Waals surface area contributed by atoms with Crippen molar-refractivity contribution in [1.82, 2.24) is 19.7 Å². The number of aromatic amines is 1. The lowest BCUT2D eigenvalue weighted by Crippen LogP contribution is -1.96. The molecule has 0 saturated carbocycles. The summed E-state index contributed by atoms with van der Waals surface area (Å²) in [7, 11) is 1.83. The molecule has 0 amide bonds. The van der Waals surface area contributed by atoms with Crippen LogP contribution >= 0.6 is 0 Å². The molecule has 0 aliphatic rings. The molecule has 2 rings (SSSR count). The van der Waals surface area contributed by atoms with Crippen molar-refractivity contribution in [1.29, 1.82) is 0 Å². The molecule has 3 N–H and O–H groups in total. The van der Waals surface area contributed by atoms with Gasteiger partial charge in [-0.05, 0) is 0 Å². The molecule has 0 aliphatic heterocycles. The Labute approximate surface area is 69.2 Å². The zero-order valence-corrected chi connectivity index (χ0v) is 6.65. The van der Waals surface area contributed by atoms with Crippen LogP contribution in [-0.2, 0) is 7.05 Å². The van der Waals surface area contributed by atoms with Crippen molar-refractivity contribution >= 4 is 5.69 Å². The van der Waals surface area contributed by atoms with Gasteiger partial charge in [-0.3, -0.25) is 4.68 Å². The molecule has 0 atom stereocenters. The monoisotopic (exact) mass is 163 g/mol. The first-order chi connectivity index (χ1) is 5.79. The van der Waals surface area contributed by atoms with Gasteiger partial charge in [0, 0.05) is 19.4 Å². The maximum atomic E-state index is 5.69. The minimum Gasteiger partial charge on any atom is -0.396 e. The molecule has 12 heavy (non-hydrogen) atoms. The number of hydrogen-bond donors (Lipinski definition) is 2. The fourth-order valence-electron chi connectivity index (χ4n) is 1.14. The summed E-state index contributed by atoms with van der Waals surface area (Å²) in [5.41, 5.74) is 7.14. The summed E-state index contributed by atoms with van der Waals surface area (Å²) in [5.74, 6) is 0.743. The van der Waals surface area contributed by atoms with Gasteiger partial charge in [-0.2, -0.15) is 5.10 Å². The second-order valence-electron chi connectivity index (χ2n) is 2.51. The Morgan fingerprint density at radius 1 is 1.58 bits per heavy atom. The average Bonchev–Trinajstić information content (AvgIpc) is 2.61. The zero-order chi connectivity index (χ0) is 8.55. The van der Waals surface area contributed by atoms with Crippen LogP contribution in [0.15, 0.2) is 18.6 Å². The number of nitrogen functional groups attached to an aromatic ring is 1. The van der Waals surface area contributed by atoms with Gasteiger partial charge in [0.25, 0.3) is 0 Å². The zero-order valence-electron chi connectivity index (χ0n) is 6.65. The highest BCUT2D eigenvalue weighted by Crippen LogP contribution is 2.20. The van der Waals surface area contributed by atoms with Crippen LogP contribution in [0, 0.1) is 0 Å². The van der Waals surface area contributed by atoms with E-state index in [9.17, 15) is 0 Å². The van der Waals surface area contributed by atoms with Crippen molar-refractivity contribution in [3.05, 3.63) is 18.6 Å². The van der Waals surface area contributed by atoms with Crippen LogP contribution in [0.4, 0.5) is 5.69 Å². The van der Waals surface area contributed by atoms with E-state index in [1.807, 2.05) is 7.05 Å². The molecule has 0 fully saturated rings. The smallest absolute Gasteiger partial charge is 0.157 e. The summed E-state index contributed by atoms with van der Waals surface area (Å²) in [6.07, 6.45) is 5.04. The second kappa shape index (κ2) is 2.37. The molecule has 2 aromatic rings. The Kier molecular flexibility index (Phi) is 1.36. The van der Waals surface area contributed by atoms with Crippen LogP contribution in [-0.4, -0.2) is 19.7 Å². The number of nitrogens with two attached hydrogens (primary N) is 1. The van der Waals surface area contributed by atoms with E-state index >= 15 is 0 Å². The van der Waals surface area contributed by atoms with E-state index in [-0.39, 0.29) is 0 Å². The topological polar surface area (TPSA) is 72.5 Å². The van der Waals surface area contributed by atoms with Crippen LogP contribution < -0.4 is 5.73 Å². The van der Waals surface area contributed by atoms with Gasteiger partial charge >= 0.3 is 0 Å². The van der Waals surface area contributed by atoms with E-state index in [0.29, 0.717) is 5.69 Å². The van der Waals surface area contributed by atoms with Gasteiger partial charge in [-0.15, -0.1) is 0 Å². The SMILES string of the molecule is Cn1ncc(N)c1-c1ncc[nH]1. The van der Waals surface area contributed by atoms with Crippen molar-refractivity contribution < 1.29 is 0 Å². The third-order valence-electron chi connectivity index (χ3n) is 1.69. The highest BCUT2D eigenvalue weighted by atomic mass is 15.3. The van der Waals surface area contributed by atoms with Gasteiger partial charge in [0.15, 0.2) is 5.82 Å². The molecule has 0 bridgehead atoms. The fraction of sp³-hybridized carbons (Fsp3) is 0.143. The van der Waals surface area contributed by atoms with E-state index in [1.165, 1.54) is 0 Å². The highest BCUT2D eigenvalue weighted by Gasteiger charge is 2.08. The number of nitrogens with zero attached hydrogens (tertiary/aromatic N) is 3. The maximum Gasteiger partial charge on any atom is 0.157 e. The van der Waals surface area contributed by atoms with Gasteiger partial charge < -0.3 is 10.7 Å². The lowest BCUT2D eigenvalue weighted by Gasteiger charge is -1.97. The number of hydrogen-bond acceptors (Lipinski definition) is 3. The standard InChI is InChI=1S/C7H9N5/c1-12-6(5(8)4-11-12)7-9-2-3-10-7/h2-4H,8H2,1H3,(H,9,10). The molecular weight excluding hydrogens is 154 g/mol. The quantitative estimate of drug-likeness (QED) is 0.638. The van der Waals surface area contributed by atoms with Crippen LogP contribution in [0.5, 0.6) is 0 Å². The number of anilines is 1. The summed E-state index contributed by atoms with van der Waals surface area (Å²) in [6, 6.07) is 0. The first-order valence-electron chi connectivity index (χ1n) is 3.56. The molecular formula is C7H9N5. The van der Waals surface area contributed by atoms with E-state index in [1.54, 1.807) is 23.3 Å². The molecule has 5 nitrogen and oxygen atoms in total. The number of H-pyrrole nitrogens is 1. The highest BCUT2D eigenvalue weighted by molar-refractivity contribution is 5.66. The van der Waals surface area contributed by atoms with Gasteiger partial charge in [-0.1, -0.05) is 0 Å². The molecule has 2 aromatic heterocycles. The minimum atomic E-state index is 0.632. The van der Waals surface area contributed by atoms with Gasteiger partial charge in [0.1, 0.15) is 5.69 Å². The van der Waals surface area contributed by atoms with Crippen LogP contribution in [0.1, 0.15) is 0 Å². The Balaban J connectivity index is 2.60. The van der Waals surface area contributed by atoms with Crippen molar-refractivity contribution in [3.63, 3.8) is 0 Å². The van der Waals surface area contributed by atoms with E-state index in [2.05, 4.69) is 15.1 Å². The van der Waals surface area contributed by atoms with Crippen LogP contribution in [0.3, 0.4) is 0 Å². The molecule has 0 aliphatic carbocycles. The second-order valence-corrected chi connectivity index (χ2v) is 2.51. The largest absolute Gasteiger partial charge is 0.396 e. The molecule has 0 saturated heterocycles. The number of nitrogens with one attached hydrogen (secondary N) is 1. The van der Waals surface area contributed by atoms with Gasteiger partial charge in [0.2, 0.25) is 0 Å². The lowest BCUT2D eigenvalue weighted by atomic mass is 10.3. The first-order valence-corrected chi connectivity index (χ1v) is 3.56. The Bertz CT molecular complexity index is 353. The van der Waals surface area contributed by atoms with Crippen LogP contribution in [0.2, 0.25) is 0 Å². The Morgan fingerprint density at radius 3 is 2.92 bits per heavy atom. The summed E-state index contributed by atoms with van der Waals surface area (Å²) in [4.78, 5) is 7.05. The number of aryl methyl sites for hydroxylation is 1. The third-order valence-corrected chi connectivity index (χ3v) is 1.69. The van der Waals surface area contributed by atoms with Crippen molar-refractivity contribution in [2.75, 3.05) is 5.73 Å². The van der Waals surface area contributed by atoms with E-state index in [4.69, 9.17) is 5.73 Å². The summed E-state index contributed by atoms with van der Waals surface area (Å²) in [5, 5.41) is 4.00. The molecule has 2 heterocycles. The summed E-state index contributed by atoms with van der Waals surface area (Å²) < 4.78 is 1.69. The molecule has 0 unspecified atom stereocenters. The Hall–Kier alpha value is -1.78. The minimum absolute atomic E-state index is 0.632. The number of imidazole rings is 1. The fourth-order valence-corrected chi connectivity index (χ4v) is 1.14. The van der Waals surface area contributed by atoms with Gasteiger partial charge in [0.05, 0.1) is 11.9 Å². The molecule has 62 valence electrons. The number of aromatic nitrogens is 4. The third kappa shape index (κ3) is 0.868. The molecule has 5 heteroatoms. The van der Waals surface area contributed by atoms with Gasteiger partial charge in [-0.25, -0.2) is 4.98 Å². The predicted octanol–water partition coefficient (Wildman–Crippen LogP) is 0.392. The maximum absolute atomic E-state index is 5.69. The first kappa shape index (κ1) is 6.90. The average molecular weight is 163 g/mol. The molecule has 0 spiro atoms. The van der Waals surface area contributed by atoms with Crippen LogP contribution in [0.25, 0.3) is 11.5 Å². The van der Waals surface area contributed by atoms with E-state index < -0.39 is 0 Å². The lowest BCUT2D eigenvalue weighted by molar-refractivity contribution is 0.771.